The number of carbonyl (C=O) groups is 1. The number of aromatic nitrogens is 2. The molecule has 1 fully saturated rings. The van der Waals surface area contributed by atoms with Gasteiger partial charge in [0, 0.05) is 13.0 Å². The van der Waals surface area contributed by atoms with E-state index in [2.05, 4.69) is 10.3 Å². The topological polar surface area (TPSA) is 110 Å². The van der Waals surface area contributed by atoms with Gasteiger partial charge in [0.25, 0.3) is 0 Å². The molecule has 8 nitrogen and oxygen atoms in total. The fraction of sp³-hybridized carbons (Fsp3) is 0.667. The van der Waals surface area contributed by atoms with Crippen molar-refractivity contribution in [1.82, 2.24) is 14.9 Å². The first-order chi connectivity index (χ1) is 9.56. The van der Waals surface area contributed by atoms with Gasteiger partial charge in [-0.15, -0.1) is 0 Å². The van der Waals surface area contributed by atoms with E-state index in [1.807, 2.05) is 0 Å². The van der Waals surface area contributed by atoms with Crippen molar-refractivity contribution in [2.24, 2.45) is 0 Å². The van der Waals surface area contributed by atoms with Crippen LogP contribution in [0.25, 0.3) is 0 Å². The van der Waals surface area contributed by atoms with Crippen LogP contribution in [0.1, 0.15) is 32.1 Å². The van der Waals surface area contributed by atoms with Crippen molar-refractivity contribution >= 4 is 11.7 Å². The fourth-order valence-electron chi connectivity index (χ4n) is 2.35. The quantitative estimate of drug-likeness (QED) is 0.607. The summed E-state index contributed by atoms with van der Waals surface area (Å²) in [5.74, 6) is -0.389. The standard InChI is InChI=1S/C12H18N4O4/c17-10-4-2-1-3-9(10)14-12(18)5-6-15-7-11(13-8-15)16(19)20/h7-10,17H,1-6H2,(H,14,18)/t9-,10-/m1/s1. The number of nitro groups is 1. The normalized spacial score (nSPS) is 22.4. The van der Waals surface area contributed by atoms with Crippen molar-refractivity contribution in [2.45, 2.75) is 50.8 Å². The number of aryl methyl sites for hydroxylation is 1. The number of aliphatic hydroxyl groups is 1. The van der Waals surface area contributed by atoms with Gasteiger partial charge >= 0.3 is 5.82 Å². The Hall–Kier alpha value is -1.96. The van der Waals surface area contributed by atoms with Crippen molar-refractivity contribution in [2.75, 3.05) is 0 Å². The highest BCUT2D eigenvalue weighted by Gasteiger charge is 2.24. The number of aliphatic hydroxyl groups excluding tert-OH is 1. The minimum absolute atomic E-state index is 0.160. The largest absolute Gasteiger partial charge is 0.391 e. The molecule has 2 rings (SSSR count). The third-order valence-electron chi connectivity index (χ3n) is 3.48. The van der Waals surface area contributed by atoms with Crippen LogP contribution >= 0.6 is 0 Å². The Balaban J connectivity index is 1.78. The molecule has 0 aliphatic heterocycles. The smallest absolute Gasteiger partial charge is 0.381 e. The maximum absolute atomic E-state index is 11.8. The van der Waals surface area contributed by atoms with Gasteiger partial charge in [0.15, 0.2) is 0 Å². The minimum atomic E-state index is -0.574. The van der Waals surface area contributed by atoms with Gasteiger partial charge in [0.05, 0.1) is 12.1 Å². The average molecular weight is 282 g/mol. The first-order valence-electron chi connectivity index (χ1n) is 6.70. The van der Waals surface area contributed by atoms with E-state index in [1.54, 1.807) is 0 Å². The Kier molecular flexibility index (Phi) is 4.67. The average Bonchev–Trinajstić information content (AvgIpc) is 2.88. The number of hydrogen-bond donors (Lipinski definition) is 2. The molecule has 0 aromatic carbocycles. The summed E-state index contributed by atoms with van der Waals surface area (Å²) in [6, 6.07) is -0.173. The summed E-state index contributed by atoms with van der Waals surface area (Å²) >= 11 is 0. The summed E-state index contributed by atoms with van der Waals surface area (Å²) in [6.07, 6.45) is 5.88. The van der Waals surface area contributed by atoms with E-state index >= 15 is 0 Å². The monoisotopic (exact) mass is 282 g/mol. The second-order valence-electron chi connectivity index (χ2n) is 5.00. The SMILES string of the molecule is O=C(CCn1cnc([N+](=O)[O-])c1)N[C@@H]1CCCC[C@H]1O. The highest BCUT2D eigenvalue weighted by molar-refractivity contribution is 5.76. The highest BCUT2D eigenvalue weighted by Crippen LogP contribution is 2.18. The number of imidazole rings is 1. The third kappa shape index (κ3) is 3.77. The Morgan fingerprint density at radius 2 is 2.30 bits per heavy atom. The lowest BCUT2D eigenvalue weighted by Crippen LogP contribution is -2.45. The van der Waals surface area contributed by atoms with Gasteiger partial charge in [0.2, 0.25) is 12.2 Å². The molecule has 1 aromatic rings. The molecule has 20 heavy (non-hydrogen) atoms. The molecule has 1 amide bonds. The Bertz CT molecular complexity index is 488. The molecule has 0 saturated heterocycles. The van der Waals surface area contributed by atoms with Crippen molar-refractivity contribution in [3.05, 3.63) is 22.6 Å². The molecule has 0 unspecified atom stereocenters. The number of amides is 1. The summed E-state index contributed by atoms with van der Waals surface area (Å²) < 4.78 is 1.51. The maximum atomic E-state index is 11.8. The summed E-state index contributed by atoms with van der Waals surface area (Å²) in [5, 5.41) is 23.0. The van der Waals surface area contributed by atoms with Gasteiger partial charge < -0.3 is 25.1 Å². The van der Waals surface area contributed by atoms with Crippen molar-refractivity contribution < 1.29 is 14.8 Å². The van der Waals surface area contributed by atoms with Crippen LogP contribution in [0.15, 0.2) is 12.5 Å². The number of nitrogens with one attached hydrogen (secondary N) is 1. The Morgan fingerprint density at radius 1 is 1.55 bits per heavy atom. The summed E-state index contributed by atoms with van der Waals surface area (Å²) in [6.45, 7) is 0.329. The predicted octanol–water partition coefficient (Wildman–Crippen LogP) is 0.601. The lowest BCUT2D eigenvalue weighted by atomic mass is 9.92. The molecule has 0 bridgehead atoms. The Labute approximate surface area is 116 Å². The number of rotatable bonds is 5. The van der Waals surface area contributed by atoms with Crippen LogP contribution in [0.2, 0.25) is 0 Å². The third-order valence-corrected chi connectivity index (χ3v) is 3.48. The second kappa shape index (κ2) is 6.47. The van der Waals surface area contributed by atoms with E-state index in [0.29, 0.717) is 6.54 Å². The summed E-state index contributed by atoms with van der Waals surface area (Å²) in [4.78, 5) is 25.3. The zero-order chi connectivity index (χ0) is 14.5. The lowest BCUT2D eigenvalue weighted by Gasteiger charge is -2.28. The van der Waals surface area contributed by atoms with Crippen LogP contribution in [0.5, 0.6) is 0 Å². The molecular weight excluding hydrogens is 264 g/mol. The summed E-state index contributed by atoms with van der Waals surface area (Å²) in [5.41, 5.74) is 0. The van der Waals surface area contributed by atoms with Gasteiger partial charge in [-0.3, -0.25) is 4.79 Å². The summed E-state index contributed by atoms with van der Waals surface area (Å²) in [7, 11) is 0. The molecule has 1 aliphatic rings. The van der Waals surface area contributed by atoms with Crippen LogP contribution in [0.3, 0.4) is 0 Å². The van der Waals surface area contributed by atoms with Gasteiger partial charge in [-0.2, -0.15) is 0 Å². The van der Waals surface area contributed by atoms with Gasteiger partial charge in [0.1, 0.15) is 6.20 Å². The number of carbonyl (C=O) groups excluding carboxylic acids is 1. The van der Waals surface area contributed by atoms with E-state index in [-0.39, 0.29) is 24.2 Å². The zero-order valence-corrected chi connectivity index (χ0v) is 11.1. The van der Waals surface area contributed by atoms with E-state index < -0.39 is 11.0 Å². The molecule has 0 spiro atoms. The van der Waals surface area contributed by atoms with Crippen LogP contribution < -0.4 is 5.32 Å². The first-order valence-corrected chi connectivity index (χ1v) is 6.70. The first kappa shape index (κ1) is 14.4. The second-order valence-corrected chi connectivity index (χ2v) is 5.00. The van der Waals surface area contributed by atoms with Crippen LogP contribution in [-0.4, -0.2) is 37.6 Å². The van der Waals surface area contributed by atoms with E-state index in [9.17, 15) is 20.0 Å². The molecule has 0 radical (unpaired) electrons. The Morgan fingerprint density at radius 3 is 2.95 bits per heavy atom. The fourth-order valence-corrected chi connectivity index (χ4v) is 2.35. The van der Waals surface area contributed by atoms with Crippen molar-refractivity contribution in [3.8, 4) is 0 Å². The zero-order valence-electron chi connectivity index (χ0n) is 11.1. The van der Waals surface area contributed by atoms with E-state index in [4.69, 9.17) is 0 Å². The maximum Gasteiger partial charge on any atom is 0.381 e. The molecule has 1 saturated carbocycles. The molecule has 8 heteroatoms. The van der Waals surface area contributed by atoms with Gasteiger partial charge in [-0.1, -0.05) is 12.8 Å². The number of nitrogens with zero attached hydrogens (tertiary/aromatic N) is 3. The van der Waals surface area contributed by atoms with Crippen LogP contribution in [0, 0.1) is 10.1 Å². The van der Waals surface area contributed by atoms with Gasteiger partial charge in [-0.05, 0) is 22.7 Å². The molecule has 110 valence electrons. The molecule has 1 heterocycles. The molecule has 2 N–H and O–H groups in total. The minimum Gasteiger partial charge on any atom is -0.391 e. The van der Waals surface area contributed by atoms with Gasteiger partial charge in [-0.25, -0.2) is 0 Å². The lowest BCUT2D eigenvalue weighted by molar-refractivity contribution is -0.389. The molecule has 2 atom stereocenters. The number of hydrogen-bond acceptors (Lipinski definition) is 5. The van der Waals surface area contributed by atoms with Crippen LogP contribution in [0.4, 0.5) is 5.82 Å². The highest BCUT2D eigenvalue weighted by atomic mass is 16.6. The van der Waals surface area contributed by atoms with Crippen molar-refractivity contribution in [1.29, 1.82) is 0 Å². The van der Waals surface area contributed by atoms with Crippen LogP contribution in [-0.2, 0) is 11.3 Å². The molecular formula is C12H18N4O4. The van der Waals surface area contributed by atoms with E-state index in [1.165, 1.54) is 17.1 Å². The van der Waals surface area contributed by atoms with E-state index in [0.717, 1.165) is 25.7 Å². The predicted molar refractivity (Wildman–Crippen MR) is 69.9 cm³/mol. The molecule has 1 aromatic heterocycles. The van der Waals surface area contributed by atoms with Crippen molar-refractivity contribution in [3.63, 3.8) is 0 Å². The molecule has 1 aliphatic carbocycles.